The van der Waals surface area contributed by atoms with E-state index in [9.17, 15) is 9.59 Å². The van der Waals surface area contributed by atoms with Gasteiger partial charge in [0.2, 0.25) is 5.43 Å². The van der Waals surface area contributed by atoms with Crippen molar-refractivity contribution in [1.29, 1.82) is 0 Å². The van der Waals surface area contributed by atoms with Crippen LogP contribution in [0, 0.1) is 0 Å². The van der Waals surface area contributed by atoms with Crippen molar-refractivity contribution in [3.05, 3.63) is 63.4 Å². The van der Waals surface area contributed by atoms with Gasteiger partial charge in [-0.3, -0.25) is 9.59 Å². The Morgan fingerprint density at radius 2 is 1.76 bits per heavy atom. The number of aromatic nitrogens is 1. The van der Waals surface area contributed by atoms with Gasteiger partial charge in [0.25, 0.3) is 5.91 Å². The number of nitrogens with one attached hydrogen (secondary N) is 2. The molecule has 1 heterocycles. The number of pyridine rings is 1. The molecule has 0 aliphatic carbocycles. The molecule has 0 unspecified atom stereocenters. The Morgan fingerprint density at radius 3 is 2.40 bits per heavy atom. The van der Waals surface area contributed by atoms with Gasteiger partial charge in [-0.2, -0.15) is 0 Å². The van der Waals surface area contributed by atoms with Crippen LogP contribution in [-0.2, 0) is 0 Å². The smallest absolute Gasteiger partial charge is 0.261 e. The lowest BCUT2D eigenvalue weighted by Gasteiger charge is -2.10. The second-order valence-corrected chi connectivity index (χ2v) is 5.71. The third-order valence-electron chi connectivity index (χ3n) is 3.70. The number of amides is 1. The van der Waals surface area contributed by atoms with Gasteiger partial charge in [0, 0.05) is 40.5 Å². The van der Waals surface area contributed by atoms with Crippen molar-refractivity contribution in [3.63, 3.8) is 0 Å². The number of hydrogen-bond acceptors (Lipinski definition) is 4. The van der Waals surface area contributed by atoms with Crippen LogP contribution >= 0.6 is 11.6 Å². The van der Waals surface area contributed by atoms with Crippen molar-refractivity contribution in [2.24, 2.45) is 0 Å². The molecule has 0 saturated heterocycles. The van der Waals surface area contributed by atoms with E-state index < -0.39 is 5.91 Å². The third kappa shape index (κ3) is 3.44. The molecular formula is C18H15ClN2O4. The van der Waals surface area contributed by atoms with Crippen LogP contribution < -0.4 is 20.2 Å². The molecule has 6 nitrogen and oxygen atoms in total. The van der Waals surface area contributed by atoms with E-state index in [1.165, 1.54) is 20.4 Å². The fourth-order valence-electron chi connectivity index (χ4n) is 2.44. The molecule has 0 fully saturated rings. The Bertz CT molecular complexity index is 991. The van der Waals surface area contributed by atoms with Gasteiger partial charge in [0.15, 0.2) is 0 Å². The molecular weight excluding hydrogens is 344 g/mol. The summed E-state index contributed by atoms with van der Waals surface area (Å²) in [5.74, 6) is 0.516. The number of H-pyrrole nitrogens is 1. The molecule has 7 heteroatoms. The molecule has 0 bridgehead atoms. The Morgan fingerprint density at radius 1 is 1.08 bits per heavy atom. The number of fused-ring (bicyclic) bond motifs is 1. The quantitative estimate of drug-likeness (QED) is 0.748. The summed E-state index contributed by atoms with van der Waals surface area (Å²) < 4.78 is 10.3. The highest BCUT2D eigenvalue weighted by atomic mass is 35.5. The first-order valence-electron chi connectivity index (χ1n) is 7.37. The summed E-state index contributed by atoms with van der Waals surface area (Å²) in [6, 6.07) is 9.77. The van der Waals surface area contributed by atoms with Crippen molar-refractivity contribution < 1.29 is 14.3 Å². The molecule has 3 aromatic rings. The molecule has 0 spiro atoms. The minimum atomic E-state index is -0.534. The topological polar surface area (TPSA) is 80.4 Å². The molecule has 0 saturated carbocycles. The average molecular weight is 359 g/mol. The number of carbonyl (C=O) groups is 1. The van der Waals surface area contributed by atoms with Crippen LogP contribution in [-0.4, -0.2) is 25.1 Å². The number of hydrogen-bond donors (Lipinski definition) is 2. The first-order chi connectivity index (χ1) is 12.0. The second kappa shape index (κ2) is 6.86. The second-order valence-electron chi connectivity index (χ2n) is 5.28. The van der Waals surface area contributed by atoms with Gasteiger partial charge in [0.05, 0.1) is 19.7 Å². The van der Waals surface area contributed by atoms with E-state index in [2.05, 4.69) is 10.3 Å². The van der Waals surface area contributed by atoms with Gasteiger partial charge in [-0.25, -0.2) is 0 Å². The predicted molar refractivity (Wildman–Crippen MR) is 97.1 cm³/mol. The van der Waals surface area contributed by atoms with Crippen molar-refractivity contribution >= 4 is 34.1 Å². The summed E-state index contributed by atoms with van der Waals surface area (Å²) in [7, 11) is 3.03. The average Bonchev–Trinajstić information content (AvgIpc) is 2.61. The predicted octanol–water partition coefficient (Wildman–Crippen LogP) is 3.45. The molecule has 0 radical (unpaired) electrons. The Hall–Kier alpha value is -2.99. The lowest BCUT2D eigenvalue weighted by Crippen LogP contribution is -2.22. The van der Waals surface area contributed by atoms with Gasteiger partial charge in [0.1, 0.15) is 17.1 Å². The highest BCUT2D eigenvalue weighted by Crippen LogP contribution is 2.26. The number of ether oxygens (including phenoxy) is 2. The highest BCUT2D eigenvalue weighted by molar-refractivity contribution is 6.31. The van der Waals surface area contributed by atoms with E-state index in [1.807, 2.05) is 0 Å². The van der Waals surface area contributed by atoms with Crippen LogP contribution in [0.3, 0.4) is 0 Å². The molecule has 0 atom stereocenters. The zero-order valence-electron chi connectivity index (χ0n) is 13.6. The van der Waals surface area contributed by atoms with Gasteiger partial charge in [-0.05, 0) is 18.2 Å². The van der Waals surface area contributed by atoms with E-state index in [0.717, 1.165) is 0 Å². The SMILES string of the molecule is COc1cc(NC(=O)c2c[nH]c3cc(Cl)ccc3c2=O)cc(OC)c1. The van der Waals surface area contributed by atoms with Crippen LogP contribution in [0.5, 0.6) is 11.5 Å². The maximum absolute atomic E-state index is 12.5. The van der Waals surface area contributed by atoms with E-state index in [0.29, 0.717) is 33.1 Å². The summed E-state index contributed by atoms with van der Waals surface area (Å²) in [6.07, 6.45) is 1.37. The molecule has 2 N–H and O–H groups in total. The monoisotopic (exact) mass is 358 g/mol. The van der Waals surface area contributed by atoms with Crippen molar-refractivity contribution in [2.45, 2.75) is 0 Å². The summed E-state index contributed by atoms with van der Waals surface area (Å²) in [4.78, 5) is 28.0. The lowest BCUT2D eigenvalue weighted by atomic mass is 10.1. The Kier molecular flexibility index (Phi) is 4.63. The van der Waals surface area contributed by atoms with Crippen molar-refractivity contribution in [3.8, 4) is 11.5 Å². The summed E-state index contributed by atoms with van der Waals surface area (Å²) in [5.41, 5.74) is 0.642. The molecule has 1 aromatic heterocycles. The first-order valence-corrected chi connectivity index (χ1v) is 7.75. The molecule has 0 aliphatic rings. The fraction of sp³-hybridized carbons (Fsp3) is 0.111. The molecule has 2 aromatic carbocycles. The number of halogens is 1. The normalized spacial score (nSPS) is 10.5. The third-order valence-corrected chi connectivity index (χ3v) is 3.93. The van der Waals surface area contributed by atoms with Gasteiger partial charge in [-0.15, -0.1) is 0 Å². The number of benzene rings is 2. The first kappa shape index (κ1) is 16.9. The van der Waals surface area contributed by atoms with Crippen LogP contribution in [0.4, 0.5) is 5.69 Å². The zero-order chi connectivity index (χ0) is 18.0. The lowest BCUT2D eigenvalue weighted by molar-refractivity contribution is 0.102. The van der Waals surface area contributed by atoms with Crippen molar-refractivity contribution in [1.82, 2.24) is 4.98 Å². The van der Waals surface area contributed by atoms with E-state index in [4.69, 9.17) is 21.1 Å². The van der Waals surface area contributed by atoms with E-state index in [-0.39, 0.29) is 11.0 Å². The number of aromatic amines is 1. The number of carbonyl (C=O) groups excluding carboxylic acids is 1. The standard InChI is InChI=1S/C18H15ClN2O4/c1-24-12-6-11(7-13(8-12)25-2)21-18(23)15-9-20-16-5-10(19)3-4-14(16)17(15)22/h3-9H,1-2H3,(H,20,22)(H,21,23). The molecule has 128 valence electrons. The minimum absolute atomic E-state index is 0.00314. The maximum Gasteiger partial charge on any atom is 0.261 e. The summed E-state index contributed by atoms with van der Waals surface area (Å²) >= 11 is 5.91. The number of methoxy groups -OCH3 is 2. The number of anilines is 1. The zero-order valence-corrected chi connectivity index (χ0v) is 14.3. The molecule has 3 rings (SSSR count). The van der Waals surface area contributed by atoms with Gasteiger partial charge < -0.3 is 19.8 Å². The van der Waals surface area contributed by atoms with E-state index >= 15 is 0 Å². The Labute approximate surface area is 148 Å². The highest BCUT2D eigenvalue weighted by Gasteiger charge is 2.14. The van der Waals surface area contributed by atoms with Crippen LogP contribution in [0.25, 0.3) is 10.9 Å². The molecule has 25 heavy (non-hydrogen) atoms. The molecule has 0 aliphatic heterocycles. The molecule has 1 amide bonds. The number of rotatable bonds is 4. The summed E-state index contributed by atoms with van der Waals surface area (Å²) in [6.45, 7) is 0. The maximum atomic E-state index is 12.5. The van der Waals surface area contributed by atoms with Crippen LogP contribution in [0.15, 0.2) is 47.4 Å². The van der Waals surface area contributed by atoms with Crippen LogP contribution in [0.2, 0.25) is 5.02 Å². The largest absolute Gasteiger partial charge is 0.497 e. The minimum Gasteiger partial charge on any atom is -0.497 e. The van der Waals surface area contributed by atoms with Gasteiger partial charge >= 0.3 is 0 Å². The van der Waals surface area contributed by atoms with Crippen LogP contribution in [0.1, 0.15) is 10.4 Å². The summed E-state index contributed by atoms with van der Waals surface area (Å²) in [5, 5.41) is 3.57. The van der Waals surface area contributed by atoms with Gasteiger partial charge in [-0.1, -0.05) is 11.6 Å². The van der Waals surface area contributed by atoms with Crippen molar-refractivity contribution in [2.75, 3.05) is 19.5 Å². The Balaban J connectivity index is 1.96. The van der Waals surface area contributed by atoms with E-state index in [1.54, 1.807) is 36.4 Å². The fourth-order valence-corrected chi connectivity index (χ4v) is 2.61.